The normalized spacial score (nSPS) is 22.8. The number of halogens is 3. The first kappa shape index (κ1) is 15.7. The van der Waals surface area contributed by atoms with Gasteiger partial charge in [0.25, 0.3) is 0 Å². The fraction of sp³-hybridized carbons (Fsp3) is 0.533. The van der Waals surface area contributed by atoms with Gasteiger partial charge in [-0.2, -0.15) is 13.2 Å². The van der Waals surface area contributed by atoms with Gasteiger partial charge in [0.1, 0.15) is 0 Å². The van der Waals surface area contributed by atoms with Crippen molar-refractivity contribution in [1.82, 2.24) is 4.90 Å². The summed E-state index contributed by atoms with van der Waals surface area (Å²) >= 11 is 0. The van der Waals surface area contributed by atoms with E-state index in [0.29, 0.717) is 30.5 Å². The van der Waals surface area contributed by atoms with Gasteiger partial charge in [0, 0.05) is 6.54 Å². The molecular formula is C15H20F3N3. The second-order valence-electron chi connectivity index (χ2n) is 6.03. The van der Waals surface area contributed by atoms with Crippen LogP contribution in [-0.2, 0) is 11.7 Å². The van der Waals surface area contributed by atoms with E-state index in [1.165, 1.54) is 12.1 Å². The minimum Gasteiger partial charge on any atom is -0.370 e. The highest BCUT2D eigenvalue weighted by Gasteiger charge is 2.41. The van der Waals surface area contributed by atoms with Crippen molar-refractivity contribution in [3.05, 3.63) is 35.4 Å². The van der Waals surface area contributed by atoms with Crippen LogP contribution in [0.25, 0.3) is 0 Å². The van der Waals surface area contributed by atoms with Crippen LogP contribution < -0.4 is 5.73 Å². The molecule has 0 aliphatic carbocycles. The highest BCUT2D eigenvalue weighted by molar-refractivity contribution is 5.81. The number of aliphatic imine (C=N–C) groups is 1. The first-order valence-electron chi connectivity index (χ1n) is 6.90. The lowest BCUT2D eigenvalue weighted by Gasteiger charge is -2.38. The summed E-state index contributed by atoms with van der Waals surface area (Å²) in [6, 6.07) is 5.42. The van der Waals surface area contributed by atoms with Crippen molar-refractivity contribution in [3.8, 4) is 0 Å². The van der Waals surface area contributed by atoms with E-state index in [-0.39, 0.29) is 0 Å². The summed E-state index contributed by atoms with van der Waals surface area (Å²) in [6.07, 6.45) is -4.35. The molecule has 21 heavy (non-hydrogen) atoms. The van der Waals surface area contributed by atoms with Crippen LogP contribution in [0.4, 0.5) is 13.2 Å². The topological polar surface area (TPSA) is 41.6 Å². The summed E-state index contributed by atoms with van der Waals surface area (Å²) in [5, 5.41) is 0. The van der Waals surface area contributed by atoms with Crippen molar-refractivity contribution in [1.29, 1.82) is 0 Å². The average molecular weight is 299 g/mol. The van der Waals surface area contributed by atoms with E-state index in [9.17, 15) is 13.2 Å². The first-order chi connectivity index (χ1) is 9.64. The third-order valence-electron chi connectivity index (χ3n) is 3.78. The van der Waals surface area contributed by atoms with Gasteiger partial charge in [-0.05, 0) is 30.5 Å². The Balaban J connectivity index is 2.40. The summed E-state index contributed by atoms with van der Waals surface area (Å²) in [5.41, 5.74) is 5.23. The molecule has 0 spiro atoms. The zero-order valence-electron chi connectivity index (χ0n) is 12.4. The predicted octanol–water partition coefficient (Wildman–Crippen LogP) is 3.21. The van der Waals surface area contributed by atoms with Crippen LogP contribution in [0.2, 0.25) is 0 Å². The highest BCUT2D eigenvalue weighted by Crippen LogP contribution is 2.36. The Morgan fingerprint density at radius 3 is 2.62 bits per heavy atom. The van der Waals surface area contributed by atoms with Gasteiger partial charge in [-0.3, -0.25) is 4.99 Å². The molecule has 0 aromatic heterocycles. The van der Waals surface area contributed by atoms with Crippen molar-refractivity contribution < 1.29 is 13.2 Å². The molecule has 6 heteroatoms. The molecule has 0 amide bonds. The number of guanidine groups is 1. The van der Waals surface area contributed by atoms with Crippen molar-refractivity contribution in [3.63, 3.8) is 0 Å². The summed E-state index contributed by atoms with van der Waals surface area (Å²) in [4.78, 5) is 6.13. The Labute approximate surface area is 122 Å². The lowest BCUT2D eigenvalue weighted by molar-refractivity contribution is -0.137. The molecular weight excluding hydrogens is 279 g/mol. The highest BCUT2D eigenvalue weighted by atomic mass is 19.4. The largest absolute Gasteiger partial charge is 0.416 e. The molecule has 1 aliphatic heterocycles. The summed E-state index contributed by atoms with van der Waals surface area (Å²) in [5.74, 6) is 0.727. The number of rotatable bonds is 3. The van der Waals surface area contributed by atoms with Crippen LogP contribution >= 0.6 is 0 Å². The summed E-state index contributed by atoms with van der Waals surface area (Å²) in [6.45, 7) is 6.99. The van der Waals surface area contributed by atoms with E-state index >= 15 is 0 Å². The van der Waals surface area contributed by atoms with Gasteiger partial charge in [0.15, 0.2) is 5.96 Å². The van der Waals surface area contributed by atoms with Gasteiger partial charge >= 0.3 is 6.18 Å². The number of alkyl halides is 3. The van der Waals surface area contributed by atoms with Crippen molar-refractivity contribution in [2.24, 2.45) is 16.6 Å². The molecule has 2 N–H and O–H groups in total. The SMILES string of the molecule is CC(C)CN1C(N)=NCC1(C)c1cccc(C(F)(F)F)c1. The minimum atomic E-state index is -4.35. The van der Waals surface area contributed by atoms with E-state index in [1.807, 2.05) is 25.7 Å². The van der Waals surface area contributed by atoms with Gasteiger partial charge < -0.3 is 10.6 Å². The standard InChI is InChI=1S/C15H20F3N3/c1-10(2)8-21-13(19)20-9-14(21,3)11-5-4-6-12(7-11)15(16,17)18/h4-7,10H,8-9H2,1-3H3,(H2,19,20). The van der Waals surface area contributed by atoms with E-state index < -0.39 is 17.3 Å². The number of nitrogens with two attached hydrogens (primary N) is 1. The maximum atomic E-state index is 12.9. The van der Waals surface area contributed by atoms with Crippen LogP contribution in [0.3, 0.4) is 0 Å². The lowest BCUT2D eigenvalue weighted by Crippen LogP contribution is -2.49. The van der Waals surface area contributed by atoms with Gasteiger partial charge in [0.05, 0.1) is 17.6 Å². The first-order valence-corrected chi connectivity index (χ1v) is 6.90. The molecule has 3 nitrogen and oxygen atoms in total. The van der Waals surface area contributed by atoms with Crippen molar-refractivity contribution in [2.75, 3.05) is 13.1 Å². The molecule has 0 saturated heterocycles. The molecule has 1 aliphatic rings. The van der Waals surface area contributed by atoms with Gasteiger partial charge in [0.2, 0.25) is 0 Å². The number of hydrogen-bond donors (Lipinski definition) is 1. The summed E-state index contributed by atoms with van der Waals surface area (Å²) in [7, 11) is 0. The molecule has 1 aromatic rings. The molecule has 0 saturated carbocycles. The molecule has 1 aromatic carbocycles. The Kier molecular flexibility index (Phi) is 3.91. The zero-order valence-corrected chi connectivity index (χ0v) is 12.4. The van der Waals surface area contributed by atoms with Crippen LogP contribution in [0.15, 0.2) is 29.3 Å². The average Bonchev–Trinajstić information content (AvgIpc) is 2.67. The molecule has 1 atom stereocenters. The molecule has 1 unspecified atom stereocenters. The number of nitrogens with zero attached hydrogens (tertiary/aromatic N) is 2. The molecule has 1 heterocycles. The molecule has 2 rings (SSSR count). The number of benzene rings is 1. The molecule has 0 bridgehead atoms. The quantitative estimate of drug-likeness (QED) is 0.931. The lowest BCUT2D eigenvalue weighted by atomic mass is 9.89. The van der Waals surface area contributed by atoms with Crippen LogP contribution in [0, 0.1) is 5.92 Å². The Hall–Kier alpha value is -1.72. The third kappa shape index (κ3) is 2.99. The Morgan fingerprint density at radius 2 is 2.05 bits per heavy atom. The Bertz CT molecular complexity index is 551. The smallest absolute Gasteiger partial charge is 0.370 e. The van der Waals surface area contributed by atoms with Gasteiger partial charge in [-0.25, -0.2) is 0 Å². The zero-order chi connectivity index (χ0) is 15.8. The van der Waals surface area contributed by atoms with E-state index in [2.05, 4.69) is 4.99 Å². The van der Waals surface area contributed by atoms with E-state index in [1.54, 1.807) is 6.07 Å². The van der Waals surface area contributed by atoms with E-state index in [4.69, 9.17) is 5.73 Å². The summed E-state index contributed by atoms with van der Waals surface area (Å²) < 4.78 is 38.7. The fourth-order valence-electron chi connectivity index (χ4n) is 2.60. The Morgan fingerprint density at radius 1 is 1.38 bits per heavy atom. The maximum Gasteiger partial charge on any atom is 0.416 e. The number of hydrogen-bond acceptors (Lipinski definition) is 3. The van der Waals surface area contributed by atoms with Crippen LogP contribution in [0.5, 0.6) is 0 Å². The van der Waals surface area contributed by atoms with Crippen LogP contribution in [-0.4, -0.2) is 23.9 Å². The fourth-order valence-corrected chi connectivity index (χ4v) is 2.60. The van der Waals surface area contributed by atoms with Gasteiger partial charge in [-0.15, -0.1) is 0 Å². The molecule has 0 fully saturated rings. The third-order valence-corrected chi connectivity index (χ3v) is 3.78. The second-order valence-corrected chi connectivity index (χ2v) is 6.03. The predicted molar refractivity (Wildman–Crippen MR) is 76.8 cm³/mol. The van der Waals surface area contributed by atoms with Gasteiger partial charge in [-0.1, -0.05) is 26.0 Å². The molecule has 0 radical (unpaired) electrons. The van der Waals surface area contributed by atoms with Crippen molar-refractivity contribution >= 4 is 5.96 Å². The van der Waals surface area contributed by atoms with Crippen LogP contribution in [0.1, 0.15) is 31.9 Å². The van der Waals surface area contributed by atoms with Crippen molar-refractivity contribution in [2.45, 2.75) is 32.5 Å². The maximum absolute atomic E-state index is 12.9. The monoisotopic (exact) mass is 299 g/mol. The molecule has 116 valence electrons. The van der Waals surface area contributed by atoms with E-state index in [0.717, 1.165) is 6.07 Å². The second kappa shape index (κ2) is 5.24. The minimum absolute atomic E-state index is 0.335.